The molecule has 2 N–H and O–H groups in total. The second-order valence-corrected chi connectivity index (χ2v) is 7.19. The van der Waals surface area contributed by atoms with Gasteiger partial charge < -0.3 is 0 Å². The van der Waals surface area contributed by atoms with Crippen LogP contribution >= 0.6 is 0 Å². The molecule has 0 bridgehead atoms. The van der Waals surface area contributed by atoms with Crippen molar-refractivity contribution in [3.63, 3.8) is 0 Å². The van der Waals surface area contributed by atoms with E-state index in [9.17, 15) is 17.6 Å². The fourth-order valence-corrected chi connectivity index (χ4v) is 3.87. The zero-order valence-electron chi connectivity index (χ0n) is 12.0. The van der Waals surface area contributed by atoms with E-state index < -0.39 is 27.0 Å². The lowest BCUT2D eigenvalue weighted by Crippen LogP contribution is -2.47. The van der Waals surface area contributed by atoms with Gasteiger partial charge in [0, 0.05) is 7.05 Å². The number of nitrogens with one attached hydrogen (secondary N) is 2. The minimum atomic E-state index is -3.64. The van der Waals surface area contributed by atoms with Crippen molar-refractivity contribution in [3.8, 4) is 0 Å². The van der Waals surface area contributed by atoms with Gasteiger partial charge in [0.15, 0.2) is 11.5 Å². The van der Waals surface area contributed by atoms with Crippen LogP contribution < -0.4 is 10.3 Å². The number of hydrazine groups is 1. The maximum atomic E-state index is 13.7. The highest BCUT2D eigenvalue weighted by Crippen LogP contribution is 2.22. The molecule has 0 radical (unpaired) electrons. The number of aryl methyl sites for hydroxylation is 2. The molecule has 2 rings (SSSR count). The molecular formula is C12H19FN4O3S. The van der Waals surface area contributed by atoms with Gasteiger partial charge in [0.05, 0.1) is 10.9 Å². The molecular weight excluding hydrogens is 299 g/mol. The van der Waals surface area contributed by atoms with Gasteiger partial charge in [-0.1, -0.05) is 19.3 Å². The quantitative estimate of drug-likeness (QED) is 0.802. The third kappa shape index (κ3) is 3.41. The first-order valence-electron chi connectivity index (χ1n) is 6.83. The molecule has 7 nitrogen and oxygen atoms in total. The van der Waals surface area contributed by atoms with Crippen molar-refractivity contribution >= 4 is 15.9 Å². The molecule has 0 unspecified atom stereocenters. The van der Waals surface area contributed by atoms with Gasteiger partial charge in [0.25, 0.3) is 5.91 Å². The van der Waals surface area contributed by atoms with E-state index in [4.69, 9.17) is 0 Å². The number of halogens is 1. The Bertz CT molecular complexity index is 635. The Kier molecular flexibility index (Phi) is 4.62. The topological polar surface area (TPSA) is 93.1 Å². The van der Waals surface area contributed by atoms with Gasteiger partial charge in [-0.05, 0) is 19.8 Å². The molecule has 1 aromatic rings. The molecule has 0 aromatic carbocycles. The molecule has 1 amide bonds. The Morgan fingerprint density at radius 2 is 1.95 bits per heavy atom. The summed E-state index contributed by atoms with van der Waals surface area (Å²) < 4.78 is 38.9. The molecule has 1 aromatic heterocycles. The van der Waals surface area contributed by atoms with Crippen molar-refractivity contribution in [2.75, 3.05) is 0 Å². The molecule has 1 aliphatic carbocycles. The minimum absolute atomic E-state index is 0.0813. The lowest BCUT2D eigenvalue weighted by atomic mass is 10.0. The average molecular weight is 318 g/mol. The summed E-state index contributed by atoms with van der Waals surface area (Å²) in [7, 11) is -2.22. The van der Waals surface area contributed by atoms with Crippen LogP contribution in [0.5, 0.6) is 0 Å². The van der Waals surface area contributed by atoms with E-state index >= 15 is 0 Å². The zero-order valence-corrected chi connectivity index (χ0v) is 12.8. The van der Waals surface area contributed by atoms with Crippen molar-refractivity contribution < 1.29 is 17.6 Å². The summed E-state index contributed by atoms with van der Waals surface area (Å²) in [5.74, 6) is -1.62. The second-order valence-electron chi connectivity index (χ2n) is 5.23. The number of nitrogens with zero attached hydrogens (tertiary/aromatic N) is 2. The number of carbonyl (C=O) groups is 1. The molecule has 1 heterocycles. The Hall–Kier alpha value is -1.48. The summed E-state index contributed by atoms with van der Waals surface area (Å²) in [6.45, 7) is 1.43. The summed E-state index contributed by atoms with van der Waals surface area (Å²) in [5, 5.41) is 3.26. The van der Waals surface area contributed by atoms with E-state index in [1.54, 1.807) is 0 Å². The number of hydrogen-bond acceptors (Lipinski definition) is 4. The van der Waals surface area contributed by atoms with Crippen LogP contribution in [0, 0.1) is 12.7 Å². The Labute approximate surface area is 122 Å². The number of carbonyl (C=O) groups excluding carboxylic acids is 1. The number of sulfonamides is 1. The van der Waals surface area contributed by atoms with E-state index in [2.05, 4.69) is 15.4 Å². The first-order chi connectivity index (χ1) is 9.83. The number of hydrogen-bond donors (Lipinski definition) is 2. The van der Waals surface area contributed by atoms with Crippen LogP contribution in [0.4, 0.5) is 4.39 Å². The van der Waals surface area contributed by atoms with Gasteiger partial charge in [-0.3, -0.25) is 14.9 Å². The van der Waals surface area contributed by atoms with E-state index in [-0.39, 0.29) is 11.4 Å². The molecule has 118 valence electrons. The summed E-state index contributed by atoms with van der Waals surface area (Å²) in [6, 6.07) is 0. The fraction of sp³-hybridized carbons (Fsp3) is 0.667. The van der Waals surface area contributed by atoms with Crippen molar-refractivity contribution in [1.29, 1.82) is 0 Å². The fourth-order valence-electron chi connectivity index (χ4n) is 2.51. The summed E-state index contributed by atoms with van der Waals surface area (Å²) in [5.41, 5.74) is 1.83. The van der Waals surface area contributed by atoms with Crippen LogP contribution in [0.25, 0.3) is 0 Å². The number of aromatic nitrogens is 2. The minimum Gasteiger partial charge on any atom is -0.272 e. The standard InChI is InChI=1S/C12H19FN4O3S/c1-8-10(13)11(17(2)15-8)12(18)14-16-21(19,20)9-6-4-3-5-7-9/h9,16H,3-7H2,1-2H3,(H,14,18). The molecule has 0 spiro atoms. The van der Waals surface area contributed by atoms with E-state index in [0.29, 0.717) is 12.8 Å². The van der Waals surface area contributed by atoms with Gasteiger partial charge in [0.2, 0.25) is 10.0 Å². The number of amides is 1. The lowest BCUT2D eigenvalue weighted by Gasteiger charge is -2.22. The molecule has 9 heteroatoms. The van der Waals surface area contributed by atoms with Gasteiger partial charge in [0.1, 0.15) is 0 Å². The molecule has 1 fully saturated rings. The van der Waals surface area contributed by atoms with Crippen molar-refractivity contribution in [2.45, 2.75) is 44.3 Å². The van der Waals surface area contributed by atoms with Crippen LogP contribution in [0.15, 0.2) is 0 Å². The first kappa shape index (κ1) is 15.9. The summed E-state index contributed by atoms with van der Waals surface area (Å²) in [4.78, 5) is 13.9. The highest BCUT2D eigenvalue weighted by atomic mass is 32.2. The second kappa shape index (κ2) is 6.10. The van der Waals surface area contributed by atoms with E-state index in [0.717, 1.165) is 23.9 Å². The average Bonchev–Trinajstić information content (AvgIpc) is 2.71. The Morgan fingerprint density at radius 3 is 2.48 bits per heavy atom. The Balaban J connectivity index is 2.03. The third-order valence-electron chi connectivity index (χ3n) is 3.66. The molecule has 0 aliphatic heterocycles. The Morgan fingerprint density at radius 1 is 1.33 bits per heavy atom. The predicted octanol–water partition coefficient (Wildman–Crippen LogP) is 0.765. The van der Waals surface area contributed by atoms with E-state index in [1.165, 1.54) is 14.0 Å². The zero-order chi connectivity index (χ0) is 15.6. The molecule has 0 atom stereocenters. The molecule has 1 aliphatic rings. The number of rotatable bonds is 4. The first-order valence-corrected chi connectivity index (χ1v) is 8.37. The van der Waals surface area contributed by atoms with Crippen molar-refractivity contribution in [3.05, 3.63) is 17.2 Å². The largest absolute Gasteiger partial charge is 0.287 e. The molecule has 1 saturated carbocycles. The van der Waals surface area contributed by atoms with Gasteiger partial charge >= 0.3 is 0 Å². The normalized spacial score (nSPS) is 16.9. The van der Waals surface area contributed by atoms with Crippen LogP contribution in [-0.2, 0) is 17.1 Å². The lowest BCUT2D eigenvalue weighted by molar-refractivity contribution is 0.0931. The molecule has 0 saturated heterocycles. The molecule has 21 heavy (non-hydrogen) atoms. The smallest absolute Gasteiger partial charge is 0.272 e. The van der Waals surface area contributed by atoms with Crippen molar-refractivity contribution in [1.82, 2.24) is 20.0 Å². The maximum absolute atomic E-state index is 13.7. The highest BCUT2D eigenvalue weighted by molar-refractivity contribution is 7.90. The van der Waals surface area contributed by atoms with Crippen LogP contribution in [0.3, 0.4) is 0 Å². The van der Waals surface area contributed by atoms with E-state index in [1.807, 2.05) is 0 Å². The van der Waals surface area contributed by atoms with Gasteiger partial charge in [-0.15, -0.1) is 4.83 Å². The van der Waals surface area contributed by atoms with Crippen LogP contribution in [-0.4, -0.2) is 29.4 Å². The van der Waals surface area contributed by atoms with Crippen LogP contribution in [0.1, 0.15) is 48.3 Å². The third-order valence-corrected chi connectivity index (χ3v) is 5.40. The summed E-state index contributed by atoms with van der Waals surface area (Å²) >= 11 is 0. The monoisotopic (exact) mass is 318 g/mol. The summed E-state index contributed by atoms with van der Waals surface area (Å²) in [6.07, 6.45) is 3.89. The van der Waals surface area contributed by atoms with Gasteiger partial charge in [-0.2, -0.15) is 5.10 Å². The van der Waals surface area contributed by atoms with Crippen molar-refractivity contribution in [2.24, 2.45) is 7.05 Å². The maximum Gasteiger partial charge on any atom is 0.287 e. The van der Waals surface area contributed by atoms with Crippen LogP contribution in [0.2, 0.25) is 0 Å². The highest BCUT2D eigenvalue weighted by Gasteiger charge is 2.28. The van der Waals surface area contributed by atoms with Gasteiger partial charge in [-0.25, -0.2) is 12.8 Å². The SMILES string of the molecule is Cc1nn(C)c(C(=O)NNS(=O)(=O)C2CCCCC2)c1F. The predicted molar refractivity (Wildman–Crippen MR) is 74.3 cm³/mol.